The summed E-state index contributed by atoms with van der Waals surface area (Å²) in [7, 11) is 0. The Labute approximate surface area is 127 Å². The van der Waals surface area contributed by atoms with Gasteiger partial charge in [0.1, 0.15) is 11.5 Å². The van der Waals surface area contributed by atoms with Crippen molar-refractivity contribution in [3.05, 3.63) is 58.1 Å². The third kappa shape index (κ3) is 3.89. The van der Waals surface area contributed by atoms with Crippen LogP contribution in [0.15, 0.2) is 46.9 Å². The molecule has 0 spiro atoms. The Morgan fingerprint density at radius 3 is 2.29 bits per heavy atom. The highest BCUT2D eigenvalue weighted by Crippen LogP contribution is 2.34. The van der Waals surface area contributed by atoms with Crippen LogP contribution in [0.5, 0.6) is 11.5 Å². The standard InChI is InChI=1S/C14H11BrF3NO2/c15-11-3-1-2-10(13(11)20)12(19)8-4-6-9(7-5-8)21-14(16,17)18/h1-7,12,20H,19H2/t12-/m0/s1. The summed E-state index contributed by atoms with van der Waals surface area (Å²) < 4.78 is 40.5. The Bertz CT molecular complexity index is 629. The molecule has 0 aliphatic carbocycles. The number of rotatable bonds is 3. The van der Waals surface area contributed by atoms with Crippen molar-refractivity contribution in [3.8, 4) is 11.5 Å². The lowest BCUT2D eigenvalue weighted by molar-refractivity contribution is -0.274. The summed E-state index contributed by atoms with van der Waals surface area (Å²) >= 11 is 3.18. The van der Waals surface area contributed by atoms with Crippen LogP contribution in [0.25, 0.3) is 0 Å². The first-order valence-corrected chi connectivity index (χ1v) is 6.66. The number of hydrogen-bond donors (Lipinski definition) is 2. The van der Waals surface area contributed by atoms with Crippen molar-refractivity contribution in [2.75, 3.05) is 0 Å². The molecule has 0 radical (unpaired) electrons. The summed E-state index contributed by atoms with van der Waals surface area (Å²) in [4.78, 5) is 0. The van der Waals surface area contributed by atoms with E-state index in [0.717, 1.165) is 0 Å². The van der Waals surface area contributed by atoms with Crippen molar-refractivity contribution in [2.24, 2.45) is 5.73 Å². The number of aromatic hydroxyl groups is 1. The van der Waals surface area contributed by atoms with Crippen molar-refractivity contribution in [1.29, 1.82) is 0 Å². The summed E-state index contributed by atoms with van der Waals surface area (Å²) in [5.74, 6) is -0.322. The van der Waals surface area contributed by atoms with Crippen LogP contribution in [0.3, 0.4) is 0 Å². The van der Waals surface area contributed by atoms with Crippen molar-refractivity contribution in [2.45, 2.75) is 12.4 Å². The van der Waals surface area contributed by atoms with E-state index in [1.165, 1.54) is 24.3 Å². The maximum absolute atomic E-state index is 12.1. The molecule has 1 atom stereocenters. The van der Waals surface area contributed by atoms with Crippen molar-refractivity contribution < 1.29 is 23.0 Å². The minimum atomic E-state index is -4.73. The van der Waals surface area contributed by atoms with E-state index in [2.05, 4.69) is 20.7 Å². The molecule has 0 aliphatic heterocycles. The number of benzene rings is 2. The minimum Gasteiger partial charge on any atom is -0.506 e. The van der Waals surface area contributed by atoms with Crippen LogP contribution >= 0.6 is 15.9 Å². The lowest BCUT2D eigenvalue weighted by Gasteiger charge is -2.16. The van der Waals surface area contributed by atoms with E-state index in [0.29, 0.717) is 15.6 Å². The zero-order chi connectivity index (χ0) is 15.6. The normalized spacial score (nSPS) is 13.0. The predicted molar refractivity (Wildman–Crippen MR) is 75.0 cm³/mol. The molecule has 21 heavy (non-hydrogen) atoms. The predicted octanol–water partition coefficient (Wildman–Crippen LogP) is 4.10. The molecule has 112 valence electrons. The van der Waals surface area contributed by atoms with Crippen LogP contribution in [-0.2, 0) is 0 Å². The number of alkyl halides is 3. The quantitative estimate of drug-likeness (QED) is 0.865. The second-order valence-corrected chi connectivity index (χ2v) is 5.13. The molecule has 3 N–H and O–H groups in total. The Hall–Kier alpha value is -1.73. The number of nitrogens with two attached hydrogens (primary N) is 1. The van der Waals surface area contributed by atoms with Gasteiger partial charge in [-0.15, -0.1) is 13.2 Å². The van der Waals surface area contributed by atoms with Crippen molar-refractivity contribution >= 4 is 15.9 Å². The number of ether oxygens (including phenoxy) is 1. The van der Waals surface area contributed by atoms with Gasteiger partial charge in [-0.2, -0.15) is 0 Å². The molecule has 0 fully saturated rings. The average molecular weight is 362 g/mol. The van der Waals surface area contributed by atoms with E-state index in [1.54, 1.807) is 18.2 Å². The summed E-state index contributed by atoms with van der Waals surface area (Å²) in [6.45, 7) is 0. The summed E-state index contributed by atoms with van der Waals surface area (Å²) in [6.07, 6.45) is -4.73. The van der Waals surface area contributed by atoms with Gasteiger partial charge < -0.3 is 15.6 Å². The fourth-order valence-electron chi connectivity index (χ4n) is 1.84. The number of phenolic OH excluding ortho intramolecular Hbond substituents is 1. The molecule has 0 saturated carbocycles. The zero-order valence-electron chi connectivity index (χ0n) is 10.6. The molecule has 0 aliphatic rings. The van der Waals surface area contributed by atoms with E-state index in [-0.39, 0.29) is 11.5 Å². The Kier molecular flexibility index (Phi) is 4.43. The second kappa shape index (κ2) is 5.95. The average Bonchev–Trinajstić information content (AvgIpc) is 2.40. The molecular formula is C14H11BrF3NO2. The molecule has 2 aromatic carbocycles. The van der Waals surface area contributed by atoms with E-state index < -0.39 is 12.4 Å². The minimum absolute atomic E-state index is 0.000572. The first kappa shape index (κ1) is 15.7. The third-order valence-corrected chi connectivity index (χ3v) is 3.47. The number of para-hydroxylation sites is 1. The fourth-order valence-corrected chi connectivity index (χ4v) is 2.22. The molecule has 0 heterocycles. The van der Waals surface area contributed by atoms with Crippen LogP contribution in [0, 0.1) is 0 Å². The van der Waals surface area contributed by atoms with Crippen molar-refractivity contribution in [3.63, 3.8) is 0 Å². The number of halogens is 4. The summed E-state index contributed by atoms with van der Waals surface area (Å²) in [5.41, 5.74) is 7.04. The van der Waals surface area contributed by atoms with Gasteiger partial charge in [0, 0.05) is 5.56 Å². The molecule has 0 bridgehead atoms. The van der Waals surface area contributed by atoms with Gasteiger partial charge in [0.05, 0.1) is 10.5 Å². The fraction of sp³-hybridized carbons (Fsp3) is 0.143. The molecule has 0 saturated heterocycles. The van der Waals surface area contributed by atoms with Gasteiger partial charge in [0.25, 0.3) is 0 Å². The molecule has 0 aromatic heterocycles. The van der Waals surface area contributed by atoms with Gasteiger partial charge in [-0.05, 0) is 39.7 Å². The first-order valence-electron chi connectivity index (χ1n) is 5.86. The van der Waals surface area contributed by atoms with Crippen molar-refractivity contribution in [1.82, 2.24) is 0 Å². The third-order valence-electron chi connectivity index (χ3n) is 2.83. The maximum Gasteiger partial charge on any atom is 0.573 e. The molecule has 3 nitrogen and oxygen atoms in total. The molecule has 2 aromatic rings. The number of hydrogen-bond acceptors (Lipinski definition) is 3. The Morgan fingerprint density at radius 2 is 1.71 bits per heavy atom. The topological polar surface area (TPSA) is 55.5 Å². The summed E-state index contributed by atoms with van der Waals surface area (Å²) in [5, 5.41) is 9.94. The summed E-state index contributed by atoms with van der Waals surface area (Å²) in [6, 6.07) is 9.55. The van der Waals surface area contributed by atoms with E-state index in [1.807, 2.05) is 0 Å². The monoisotopic (exact) mass is 361 g/mol. The van der Waals surface area contributed by atoms with Crippen LogP contribution < -0.4 is 10.5 Å². The Balaban J connectivity index is 2.24. The van der Waals surface area contributed by atoms with Gasteiger partial charge in [-0.25, -0.2) is 0 Å². The highest BCUT2D eigenvalue weighted by Gasteiger charge is 2.31. The smallest absolute Gasteiger partial charge is 0.506 e. The molecule has 0 unspecified atom stereocenters. The highest BCUT2D eigenvalue weighted by atomic mass is 79.9. The largest absolute Gasteiger partial charge is 0.573 e. The van der Waals surface area contributed by atoms with Crippen LogP contribution in [0.2, 0.25) is 0 Å². The second-order valence-electron chi connectivity index (χ2n) is 4.27. The Morgan fingerprint density at radius 1 is 1.10 bits per heavy atom. The molecule has 2 rings (SSSR count). The zero-order valence-corrected chi connectivity index (χ0v) is 12.1. The SMILES string of the molecule is N[C@@H](c1ccc(OC(F)(F)F)cc1)c1cccc(Br)c1O. The van der Waals surface area contributed by atoms with Gasteiger partial charge in [0.15, 0.2) is 0 Å². The maximum atomic E-state index is 12.1. The van der Waals surface area contributed by atoms with Gasteiger partial charge >= 0.3 is 6.36 Å². The number of phenols is 1. The van der Waals surface area contributed by atoms with Crippen LogP contribution in [0.1, 0.15) is 17.2 Å². The van der Waals surface area contributed by atoms with Gasteiger partial charge in [-0.3, -0.25) is 0 Å². The first-order chi connectivity index (χ1) is 9.78. The van der Waals surface area contributed by atoms with Gasteiger partial charge in [0.2, 0.25) is 0 Å². The molecule has 0 amide bonds. The van der Waals surface area contributed by atoms with E-state index in [9.17, 15) is 18.3 Å². The lowest BCUT2D eigenvalue weighted by atomic mass is 9.99. The highest BCUT2D eigenvalue weighted by molar-refractivity contribution is 9.10. The molecule has 7 heteroatoms. The van der Waals surface area contributed by atoms with Gasteiger partial charge in [-0.1, -0.05) is 24.3 Å². The van der Waals surface area contributed by atoms with Crippen LogP contribution in [-0.4, -0.2) is 11.5 Å². The lowest BCUT2D eigenvalue weighted by Crippen LogP contribution is -2.17. The van der Waals surface area contributed by atoms with E-state index >= 15 is 0 Å². The molecular weight excluding hydrogens is 351 g/mol. The van der Waals surface area contributed by atoms with Crippen LogP contribution in [0.4, 0.5) is 13.2 Å². The van der Waals surface area contributed by atoms with E-state index in [4.69, 9.17) is 5.73 Å².